The first-order valence-corrected chi connectivity index (χ1v) is 9.20. The molecule has 0 saturated heterocycles. The Labute approximate surface area is 140 Å². The van der Waals surface area contributed by atoms with Crippen molar-refractivity contribution in [1.82, 2.24) is 15.2 Å². The summed E-state index contributed by atoms with van der Waals surface area (Å²) in [7, 11) is 1.65. The summed E-state index contributed by atoms with van der Waals surface area (Å²) in [5.74, 6) is 1.60. The molecule has 0 unspecified atom stereocenters. The van der Waals surface area contributed by atoms with Crippen LogP contribution in [0.3, 0.4) is 0 Å². The van der Waals surface area contributed by atoms with Gasteiger partial charge in [0.2, 0.25) is 5.13 Å². The number of thiazole rings is 1. The maximum absolute atomic E-state index is 5.31. The third kappa shape index (κ3) is 3.76. The zero-order valence-electron chi connectivity index (χ0n) is 12.1. The Bertz CT molecular complexity index is 756. The minimum Gasteiger partial charge on any atom is -0.495 e. The van der Waals surface area contributed by atoms with E-state index >= 15 is 0 Å². The molecule has 0 radical (unpaired) electrons. The minimum atomic E-state index is 0.751. The Morgan fingerprint density at radius 2 is 2.14 bits per heavy atom. The second kappa shape index (κ2) is 7.08. The van der Waals surface area contributed by atoms with Crippen LogP contribution in [0, 0.1) is 6.92 Å². The van der Waals surface area contributed by atoms with Crippen LogP contribution in [0.4, 0.5) is 10.8 Å². The van der Waals surface area contributed by atoms with Crippen LogP contribution < -0.4 is 10.1 Å². The number of rotatable bonds is 6. The maximum Gasteiger partial charge on any atom is 0.210 e. The van der Waals surface area contributed by atoms with E-state index in [9.17, 15) is 0 Å². The zero-order valence-corrected chi connectivity index (χ0v) is 14.5. The summed E-state index contributed by atoms with van der Waals surface area (Å²) in [6.07, 6.45) is 0. The van der Waals surface area contributed by atoms with E-state index in [0.717, 1.165) is 37.4 Å². The molecule has 1 N–H and O–H groups in total. The van der Waals surface area contributed by atoms with Crippen molar-refractivity contribution in [3.05, 3.63) is 40.3 Å². The predicted octanol–water partition coefficient (Wildman–Crippen LogP) is 4.35. The highest BCUT2D eigenvalue weighted by Crippen LogP contribution is 2.32. The highest BCUT2D eigenvalue weighted by molar-refractivity contribution is 8.00. The van der Waals surface area contributed by atoms with Gasteiger partial charge in [0.1, 0.15) is 5.75 Å². The van der Waals surface area contributed by atoms with E-state index in [0.29, 0.717) is 0 Å². The molecular weight excluding hydrogens is 336 g/mol. The average molecular weight is 350 g/mol. The lowest BCUT2D eigenvalue weighted by Crippen LogP contribution is -1.93. The molecule has 0 saturated carbocycles. The lowest BCUT2D eigenvalue weighted by Gasteiger charge is -2.07. The van der Waals surface area contributed by atoms with Gasteiger partial charge in [0.15, 0.2) is 4.34 Å². The van der Waals surface area contributed by atoms with Crippen LogP contribution in [0.5, 0.6) is 5.75 Å². The fourth-order valence-corrected chi connectivity index (χ4v) is 4.17. The third-order valence-corrected chi connectivity index (χ3v) is 5.59. The van der Waals surface area contributed by atoms with Crippen molar-refractivity contribution >= 4 is 45.3 Å². The number of benzene rings is 1. The van der Waals surface area contributed by atoms with E-state index in [1.807, 2.05) is 31.2 Å². The van der Waals surface area contributed by atoms with E-state index in [-0.39, 0.29) is 0 Å². The second-order valence-electron chi connectivity index (χ2n) is 4.34. The molecule has 3 aromatic rings. The molecule has 0 aliphatic rings. The maximum atomic E-state index is 5.31. The molecule has 0 aliphatic carbocycles. The van der Waals surface area contributed by atoms with Gasteiger partial charge in [-0.3, -0.25) is 0 Å². The molecule has 22 heavy (non-hydrogen) atoms. The van der Waals surface area contributed by atoms with Crippen LogP contribution in [0.1, 0.15) is 10.7 Å². The number of aromatic nitrogens is 3. The standard InChI is InChI=1S/C14H14N4OS3/c1-9-15-10(7-20-9)8-21-14-18-17-13(22-14)16-11-5-3-4-6-12(11)19-2/h3-7H,8H2,1-2H3,(H,16,17). The number of methoxy groups -OCH3 is 1. The van der Waals surface area contributed by atoms with Crippen molar-refractivity contribution in [1.29, 1.82) is 0 Å². The quantitative estimate of drug-likeness (QED) is 0.667. The van der Waals surface area contributed by atoms with Crippen LogP contribution in [0.15, 0.2) is 34.0 Å². The highest BCUT2D eigenvalue weighted by atomic mass is 32.2. The van der Waals surface area contributed by atoms with Gasteiger partial charge in [-0.2, -0.15) is 0 Å². The number of hydrogen-bond donors (Lipinski definition) is 1. The van der Waals surface area contributed by atoms with Gasteiger partial charge in [-0.1, -0.05) is 35.2 Å². The normalized spacial score (nSPS) is 10.6. The summed E-state index contributed by atoms with van der Waals surface area (Å²) in [5.41, 5.74) is 1.97. The molecule has 0 spiro atoms. The van der Waals surface area contributed by atoms with Crippen LogP contribution in [0.25, 0.3) is 0 Å². The number of thioether (sulfide) groups is 1. The number of anilines is 2. The van der Waals surface area contributed by atoms with Gasteiger partial charge in [-0.15, -0.1) is 21.5 Å². The van der Waals surface area contributed by atoms with E-state index in [1.54, 1.807) is 30.2 Å². The van der Waals surface area contributed by atoms with Gasteiger partial charge in [0.05, 0.1) is 23.5 Å². The highest BCUT2D eigenvalue weighted by Gasteiger charge is 2.09. The summed E-state index contributed by atoms with van der Waals surface area (Å²) in [6.45, 7) is 2.01. The molecule has 5 nitrogen and oxygen atoms in total. The molecule has 0 fully saturated rings. The fourth-order valence-electron chi connectivity index (χ4n) is 1.79. The van der Waals surface area contributed by atoms with Gasteiger partial charge < -0.3 is 10.1 Å². The van der Waals surface area contributed by atoms with Gasteiger partial charge >= 0.3 is 0 Å². The van der Waals surface area contributed by atoms with Crippen molar-refractivity contribution in [3.8, 4) is 5.75 Å². The molecule has 0 atom stereocenters. The predicted molar refractivity (Wildman–Crippen MR) is 92.6 cm³/mol. The Morgan fingerprint density at radius 1 is 1.27 bits per heavy atom. The van der Waals surface area contributed by atoms with Crippen molar-refractivity contribution < 1.29 is 4.74 Å². The summed E-state index contributed by atoms with van der Waals surface area (Å²) in [5, 5.41) is 15.5. The van der Waals surface area contributed by atoms with E-state index in [1.165, 1.54) is 11.3 Å². The molecule has 0 amide bonds. The number of para-hydroxylation sites is 2. The molecule has 2 aromatic heterocycles. The van der Waals surface area contributed by atoms with Gasteiger partial charge in [-0.25, -0.2) is 4.98 Å². The van der Waals surface area contributed by atoms with Crippen LogP contribution in [0.2, 0.25) is 0 Å². The summed E-state index contributed by atoms with van der Waals surface area (Å²) < 4.78 is 6.23. The second-order valence-corrected chi connectivity index (χ2v) is 7.61. The molecule has 1 aromatic carbocycles. The summed E-state index contributed by atoms with van der Waals surface area (Å²) in [6, 6.07) is 7.74. The Balaban J connectivity index is 1.63. The monoisotopic (exact) mass is 350 g/mol. The first-order valence-electron chi connectivity index (χ1n) is 6.52. The van der Waals surface area contributed by atoms with Crippen LogP contribution in [-0.4, -0.2) is 22.3 Å². The van der Waals surface area contributed by atoms with Crippen molar-refractivity contribution in [2.24, 2.45) is 0 Å². The van der Waals surface area contributed by atoms with E-state index in [2.05, 4.69) is 25.9 Å². The van der Waals surface area contributed by atoms with Crippen LogP contribution in [-0.2, 0) is 5.75 Å². The number of aryl methyl sites for hydroxylation is 1. The summed E-state index contributed by atoms with van der Waals surface area (Å²) >= 11 is 4.84. The molecule has 3 rings (SSSR count). The van der Waals surface area contributed by atoms with Crippen molar-refractivity contribution in [2.75, 3.05) is 12.4 Å². The Morgan fingerprint density at radius 3 is 2.91 bits per heavy atom. The van der Waals surface area contributed by atoms with Gasteiger partial charge in [-0.05, 0) is 19.1 Å². The first kappa shape index (κ1) is 15.3. The zero-order chi connectivity index (χ0) is 15.4. The molecule has 0 bridgehead atoms. The number of hydrogen-bond acceptors (Lipinski definition) is 8. The van der Waals surface area contributed by atoms with Crippen LogP contribution >= 0.6 is 34.4 Å². The van der Waals surface area contributed by atoms with Gasteiger partial charge in [0.25, 0.3) is 0 Å². The lowest BCUT2D eigenvalue weighted by molar-refractivity contribution is 0.417. The Kier molecular flexibility index (Phi) is 4.91. The minimum absolute atomic E-state index is 0.751. The van der Waals surface area contributed by atoms with E-state index in [4.69, 9.17) is 4.74 Å². The lowest BCUT2D eigenvalue weighted by atomic mass is 10.3. The Hall–Kier alpha value is -1.64. The van der Waals surface area contributed by atoms with Crippen molar-refractivity contribution in [2.45, 2.75) is 17.0 Å². The number of nitrogens with zero attached hydrogens (tertiary/aromatic N) is 3. The largest absolute Gasteiger partial charge is 0.495 e. The molecule has 0 aliphatic heterocycles. The molecule has 8 heteroatoms. The number of nitrogens with one attached hydrogen (secondary N) is 1. The molecule has 114 valence electrons. The summed E-state index contributed by atoms with van der Waals surface area (Å²) in [4.78, 5) is 4.44. The third-order valence-electron chi connectivity index (χ3n) is 2.77. The first-order chi connectivity index (χ1) is 10.7. The topological polar surface area (TPSA) is 59.9 Å². The fraction of sp³-hybridized carbons (Fsp3) is 0.214. The van der Waals surface area contributed by atoms with Crippen molar-refractivity contribution in [3.63, 3.8) is 0 Å². The average Bonchev–Trinajstić information content (AvgIpc) is 3.15. The molecular formula is C14H14N4OS3. The van der Waals surface area contributed by atoms with E-state index < -0.39 is 0 Å². The smallest absolute Gasteiger partial charge is 0.210 e. The molecule has 2 heterocycles. The number of ether oxygens (including phenoxy) is 1. The van der Waals surface area contributed by atoms with Gasteiger partial charge in [0, 0.05) is 11.1 Å². The SMILES string of the molecule is COc1ccccc1Nc1nnc(SCc2csc(C)n2)s1.